The van der Waals surface area contributed by atoms with Gasteiger partial charge in [-0.3, -0.25) is 9.88 Å². The van der Waals surface area contributed by atoms with Crippen molar-refractivity contribution in [3.8, 4) is 0 Å². The predicted molar refractivity (Wildman–Crippen MR) is 115 cm³/mol. The molecule has 4 rings (SSSR count). The molecule has 0 N–H and O–H groups in total. The lowest BCUT2D eigenvalue weighted by Crippen LogP contribution is -2.45. The second-order valence-corrected chi connectivity index (χ2v) is 8.37. The molecule has 5 nitrogen and oxygen atoms in total. The predicted octanol–water partition coefficient (Wildman–Crippen LogP) is 4.45. The van der Waals surface area contributed by atoms with Gasteiger partial charge in [0.2, 0.25) is 0 Å². The van der Waals surface area contributed by atoms with E-state index in [0.717, 1.165) is 50.6 Å². The summed E-state index contributed by atoms with van der Waals surface area (Å²) >= 11 is 0. The first kappa shape index (κ1) is 20.6. The summed E-state index contributed by atoms with van der Waals surface area (Å²) in [5.41, 5.74) is 1.17. The van der Waals surface area contributed by atoms with E-state index < -0.39 is 0 Å². The average molecular weight is 398 g/mol. The van der Waals surface area contributed by atoms with Crippen LogP contribution in [0.2, 0.25) is 0 Å². The first-order valence-electron chi connectivity index (χ1n) is 11.4. The van der Waals surface area contributed by atoms with Crippen LogP contribution in [0.3, 0.4) is 0 Å². The van der Waals surface area contributed by atoms with Gasteiger partial charge in [-0.1, -0.05) is 13.0 Å². The van der Waals surface area contributed by atoms with Gasteiger partial charge < -0.3 is 14.1 Å². The average Bonchev–Trinajstić information content (AvgIpc) is 3.27. The molecule has 0 spiro atoms. The molecule has 29 heavy (non-hydrogen) atoms. The van der Waals surface area contributed by atoms with Crippen molar-refractivity contribution >= 4 is 0 Å². The van der Waals surface area contributed by atoms with Gasteiger partial charge in [0, 0.05) is 37.5 Å². The molecular formula is C24H35N3O2. The molecule has 158 valence electrons. The molecule has 0 bridgehead atoms. The maximum Gasteiger partial charge on any atom is 0.133 e. The third kappa shape index (κ3) is 5.68. The second kappa shape index (κ2) is 10.4. The van der Waals surface area contributed by atoms with Crippen LogP contribution in [-0.2, 0) is 17.7 Å². The topological polar surface area (TPSA) is 41.7 Å². The minimum absolute atomic E-state index is 0.146. The molecule has 0 radical (unpaired) electrons. The zero-order valence-corrected chi connectivity index (χ0v) is 17.8. The Morgan fingerprint density at radius 2 is 2.00 bits per heavy atom. The van der Waals surface area contributed by atoms with Crippen LogP contribution < -0.4 is 0 Å². The van der Waals surface area contributed by atoms with Crippen molar-refractivity contribution < 1.29 is 9.15 Å². The van der Waals surface area contributed by atoms with Gasteiger partial charge in [0.05, 0.1) is 6.54 Å². The minimum Gasteiger partial charge on any atom is -0.462 e. The molecule has 4 heterocycles. The van der Waals surface area contributed by atoms with E-state index in [1.54, 1.807) is 0 Å². The molecule has 2 fully saturated rings. The molecule has 2 aromatic rings. The molecule has 2 aliphatic rings. The van der Waals surface area contributed by atoms with Crippen molar-refractivity contribution in [3.05, 3.63) is 53.7 Å². The molecule has 5 heteroatoms. The number of rotatable bonds is 8. The molecule has 2 saturated heterocycles. The van der Waals surface area contributed by atoms with Gasteiger partial charge in [0.15, 0.2) is 0 Å². The Balaban J connectivity index is 1.41. The Kier molecular flexibility index (Phi) is 7.36. The Labute approximate surface area is 175 Å². The molecule has 1 atom stereocenters. The summed E-state index contributed by atoms with van der Waals surface area (Å²) < 4.78 is 12.2. The maximum atomic E-state index is 6.25. The standard InChI is InChI=1S/C24H35N3O2/c1-2-26-15-12-21(13-16-26)27(17-11-20-7-3-5-14-25-20)19-22-9-10-24(29-22)23-8-4-6-18-28-23/h3,5,7,9-10,14,21,23H,2,4,6,8,11-13,15-19H2,1H3. The van der Waals surface area contributed by atoms with Crippen molar-refractivity contribution in [2.75, 3.05) is 32.8 Å². The van der Waals surface area contributed by atoms with Crippen LogP contribution in [0.15, 0.2) is 40.9 Å². The molecule has 1 unspecified atom stereocenters. The van der Waals surface area contributed by atoms with Crippen LogP contribution in [0.25, 0.3) is 0 Å². The monoisotopic (exact) mass is 397 g/mol. The summed E-state index contributed by atoms with van der Waals surface area (Å²) in [6.07, 6.45) is 8.95. The number of likely N-dealkylation sites (tertiary alicyclic amines) is 1. The van der Waals surface area contributed by atoms with Crippen molar-refractivity contribution in [1.82, 2.24) is 14.8 Å². The molecule has 0 saturated carbocycles. The van der Waals surface area contributed by atoms with Crippen molar-refractivity contribution in [2.24, 2.45) is 0 Å². The van der Waals surface area contributed by atoms with Crippen LogP contribution in [0, 0.1) is 0 Å². The summed E-state index contributed by atoms with van der Waals surface area (Å²) in [7, 11) is 0. The van der Waals surface area contributed by atoms with E-state index >= 15 is 0 Å². The van der Waals surface area contributed by atoms with Gasteiger partial charge in [-0.05, 0) is 76.0 Å². The summed E-state index contributed by atoms with van der Waals surface area (Å²) in [5.74, 6) is 2.07. The van der Waals surface area contributed by atoms with E-state index in [2.05, 4.69) is 46.0 Å². The molecule has 0 aromatic carbocycles. The van der Waals surface area contributed by atoms with E-state index in [9.17, 15) is 0 Å². The van der Waals surface area contributed by atoms with Crippen LogP contribution in [0.1, 0.15) is 62.3 Å². The SMILES string of the molecule is CCN1CCC(N(CCc2ccccn2)Cc2ccc(C3CCCCO3)o2)CC1. The Hall–Kier alpha value is -1.69. The quantitative estimate of drug-likeness (QED) is 0.658. The van der Waals surface area contributed by atoms with Gasteiger partial charge >= 0.3 is 0 Å². The summed E-state index contributed by atoms with van der Waals surface area (Å²) in [5, 5.41) is 0. The van der Waals surface area contributed by atoms with Crippen LogP contribution in [0.5, 0.6) is 0 Å². The highest BCUT2D eigenvalue weighted by Gasteiger charge is 2.26. The Bertz CT molecular complexity index is 719. The number of piperidine rings is 1. The zero-order chi connectivity index (χ0) is 19.9. The lowest BCUT2D eigenvalue weighted by molar-refractivity contribution is 0.000477. The van der Waals surface area contributed by atoms with Gasteiger partial charge in [0.25, 0.3) is 0 Å². The minimum atomic E-state index is 0.146. The summed E-state index contributed by atoms with van der Waals surface area (Å²) in [6.45, 7) is 8.55. The van der Waals surface area contributed by atoms with E-state index in [-0.39, 0.29) is 6.10 Å². The van der Waals surface area contributed by atoms with E-state index in [4.69, 9.17) is 9.15 Å². The normalized spacial score (nSPS) is 21.7. The summed E-state index contributed by atoms with van der Waals surface area (Å²) in [6, 6.07) is 11.1. The smallest absolute Gasteiger partial charge is 0.133 e. The van der Waals surface area contributed by atoms with Crippen molar-refractivity contribution in [1.29, 1.82) is 0 Å². The fourth-order valence-corrected chi connectivity index (χ4v) is 4.61. The number of ether oxygens (including phenoxy) is 1. The number of furan rings is 1. The number of nitrogens with zero attached hydrogens (tertiary/aromatic N) is 3. The van der Waals surface area contributed by atoms with Crippen LogP contribution in [0.4, 0.5) is 0 Å². The molecule has 2 aromatic heterocycles. The summed E-state index contributed by atoms with van der Waals surface area (Å²) in [4.78, 5) is 9.69. The fraction of sp³-hybridized carbons (Fsp3) is 0.625. The maximum absolute atomic E-state index is 6.25. The van der Waals surface area contributed by atoms with Gasteiger partial charge in [0.1, 0.15) is 17.6 Å². The van der Waals surface area contributed by atoms with Gasteiger partial charge in [-0.2, -0.15) is 0 Å². The highest BCUT2D eigenvalue weighted by atomic mass is 16.5. The largest absolute Gasteiger partial charge is 0.462 e. The van der Waals surface area contributed by atoms with E-state index in [1.807, 2.05) is 12.3 Å². The molecule has 2 aliphatic heterocycles. The third-order valence-electron chi connectivity index (χ3n) is 6.44. The van der Waals surface area contributed by atoms with Crippen LogP contribution in [-0.4, -0.2) is 53.6 Å². The molecule has 0 aliphatic carbocycles. The van der Waals surface area contributed by atoms with Crippen molar-refractivity contribution in [2.45, 2.75) is 64.1 Å². The zero-order valence-electron chi connectivity index (χ0n) is 17.8. The first-order valence-corrected chi connectivity index (χ1v) is 11.4. The lowest BCUT2D eigenvalue weighted by atomic mass is 10.0. The molecule has 0 amide bonds. The Morgan fingerprint density at radius 1 is 1.10 bits per heavy atom. The lowest BCUT2D eigenvalue weighted by Gasteiger charge is -2.38. The first-order chi connectivity index (χ1) is 14.3. The number of aromatic nitrogens is 1. The fourth-order valence-electron chi connectivity index (χ4n) is 4.61. The van der Waals surface area contributed by atoms with E-state index in [1.165, 1.54) is 44.5 Å². The van der Waals surface area contributed by atoms with Gasteiger partial charge in [-0.25, -0.2) is 0 Å². The number of hydrogen-bond acceptors (Lipinski definition) is 5. The molecular weight excluding hydrogens is 362 g/mol. The third-order valence-corrected chi connectivity index (χ3v) is 6.44. The van der Waals surface area contributed by atoms with Crippen LogP contribution >= 0.6 is 0 Å². The highest BCUT2D eigenvalue weighted by molar-refractivity contribution is 5.11. The van der Waals surface area contributed by atoms with Gasteiger partial charge in [-0.15, -0.1) is 0 Å². The highest BCUT2D eigenvalue weighted by Crippen LogP contribution is 2.30. The van der Waals surface area contributed by atoms with E-state index in [0.29, 0.717) is 6.04 Å². The Morgan fingerprint density at radius 3 is 2.72 bits per heavy atom. The van der Waals surface area contributed by atoms with Crippen molar-refractivity contribution in [3.63, 3.8) is 0 Å². The number of pyridine rings is 1. The number of hydrogen-bond donors (Lipinski definition) is 0. The second-order valence-electron chi connectivity index (χ2n) is 8.37.